The molecule has 4 nitrogen and oxygen atoms in total. The zero-order valence-electron chi connectivity index (χ0n) is 16.0. The minimum absolute atomic E-state index is 0.141. The second kappa shape index (κ2) is 6.65. The molecule has 0 aliphatic carbocycles. The SMILES string of the molecule is CN1[C@H](C(=O)c2ccccc2)[C@@H]2[C@@H](c3ccccc3S2(=O)=O)[C@H]1c1ccccc1. The van der Waals surface area contributed by atoms with Gasteiger partial charge in [0.1, 0.15) is 0 Å². The molecule has 2 aliphatic heterocycles. The number of likely N-dealkylation sites (tertiary alicyclic amines) is 1. The molecule has 3 aromatic carbocycles. The lowest BCUT2D eigenvalue weighted by atomic mass is 9.86. The van der Waals surface area contributed by atoms with Crippen LogP contribution in [0.2, 0.25) is 0 Å². The third kappa shape index (κ3) is 2.61. The van der Waals surface area contributed by atoms with Crippen LogP contribution in [0.5, 0.6) is 0 Å². The summed E-state index contributed by atoms with van der Waals surface area (Å²) in [5, 5.41) is -0.789. The van der Waals surface area contributed by atoms with E-state index in [1.165, 1.54) is 0 Å². The van der Waals surface area contributed by atoms with Crippen molar-refractivity contribution in [3.63, 3.8) is 0 Å². The normalized spacial score (nSPS) is 27.3. The van der Waals surface area contributed by atoms with Crippen molar-refractivity contribution < 1.29 is 13.2 Å². The smallest absolute Gasteiger partial charge is 0.184 e. The molecule has 146 valence electrons. The summed E-state index contributed by atoms with van der Waals surface area (Å²) in [6, 6.07) is 25.2. The monoisotopic (exact) mass is 403 g/mol. The summed E-state index contributed by atoms with van der Waals surface area (Å²) in [7, 11) is -1.75. The first kappa shape index (κ1) is 18.3. The Bertz CT molecular complexity index is 1180. The predicted octanol–water partition coefficient (Wildman–Crippen LogP) is 3.86. The first-order chi connectivity index (χ1) is 14.0. The van der Waals surface area contributed by atoms with Gasteiger partial charge in [0.15, 0.2) is 15.6 Å². The summed E-state index contributed by atoms with van der Waals surface area (Å²) in [5.41, 5.74) is 2.39. The number of nitrogens with zero attached hydrogens (tertiary/aromatic N) is 1. The zero-order valence-corrected chi connectivity index (χ0v) is 16.8. The van der Waals surface area contributed by atoms with Crippen LogP contribution in [0.1, 0.15) is 33.4 Å². The second-order valence-electron chi connectivity index (χ2n) is 7.77. The van der Waals surface area contributed by atoms with Crippen LogP contribution in [0.4, 0.5) is 0 Å². The summed E-state index contributed by atoms with van der Waals surface area (Å²) in [6.45, 7) is 0. The summed E-state index contributed by atoms with van der Waals surface area (Å²) in [6.07, 6.45) is 0. The van der Waals surface area contributed by atoms with E-state index in [1.807, 2.05) is 72.6 Å². The number of carbonyl (C=O) groups excluding carboxylic acids is 1. The fourth-order valence-corrected chi connectivity index (χ4v) is 7.54. The van der Waals surface area contributed by atoms with Gasteiger partial charge >= 0.3 is 0 Å². The second-order valence-corrected chi connectivity index (χ2v) is 9.84. The molecule has 0 saturated carbocycles. The van der Waals surface area contributed by atoms with Crippen molar-refractivity contribution in [2.45, 2.75) is 28.1 Å². The molecule has 2 aliphatic rings. The van der Waals surface area contributed by atoms with Crippen LogP contribution in [0.3, 0.4) is 0 Å². The van der Waals surface area contributed by atoms with Gasteiger partial charge in [0.2, 0.25) is 0 Å². The van der Waals surface area contributed by atoms with Crippen molar-refractivity contribution in [1.82, 2.24) is 4.90 Å². The van der Waals surface area contributed by atoms with Crippen molar-refractivity contribution >= 4 is 15.6 Å². The van der Waals surface area contributed by atoms with Gasteiger partial charge in [0, 0.05) is 17.5 Å². The zero-order chi connectivity index (χ0) is 20.2. The van der Waals surface area contributed by atoms with Gasteiger partial charge in [0.05, 0.1) is 16.2 Å². The molecular weight excluding hydrogens is 382 g/mol. The number of ketones is 1. The molecule has 1 saturated heterocycles. The Morgan fingerprint density at radius 1 is 0.828 bits per heavy atom. The van der Waals surface area contributed by atoms with Crippen LogP contribution in [0.25, 0.3) is 0 Å². The maximum Gasteiger partial charge on any atom is 0.184 e. The number of fused-ring (bicyclic) bond motifs is 3. The molecule has 2 heterocycles. The van der Waals surface area contributed by atoms with E-state index in [0.29, 0.717) is 10.5 Å². The molecule has 29 heavy (non-hydrogen) atoms. The average molecular weight is 404 g/mol. The Labute approximate surface area is 170 Å². The van der Waals surface area contributed by atoms with Gasteiger partial charge in [-0.15, -0.1) is 0 Å². The van der Waals surface area contributed by atoms with Gasteiger partial charge < -0.3 is 0 Å². The molecule has 0 unspecified atom stereocenters. The molecular formula is C24H21NO3S. The lowest BCUT2D eigenvalue weighted by molar-refractivity contribution is 0.0867. The molecule has 0 aromatic heterocycles. The van der Waals surface area contributed by atoms with Crippen LogP contribution in [0, 0.1) is 0 Å². The number of likely N-dealkylation sites (N-methyl/N-ethyl adjacent to an activating group) is 1. The molecule has 0 radical (unpaired) electrons. The first-order valence-corrected chi connectivity index (χ1v) is 11.3. The molecule has 0 N–H and O–H groups in total. The van der Waals surface area contributed by atoms with E-state index in [-0.39, 0.29) is 17.7 Å². The van der Waals surface area contributed by atoms with E-state index in [0.717, 1.165) is 11.1 Å². The largest absolute Gasteiger partial charge is 0.292 e. The highest BCUT2D eigenvalue weighted by Crippen LogP contribution is 2.56. The minimum atomic E-state index is -3.62. The maximum absolute atomic E-state index is 13.6. The molecule has 5 rings (SSSR count). The molecule has 0 amide bonds. The minimum Gasteiger partial charge on any atom is -0.292 e. The molecule has 5 heteroatoms. The van der Waals surface area contributed by atoms with Crippen LogP contribution in [-0.4, -0.2) is 37.4 Å². The Morgan fingerprint density at radius 3 is 2.10 bits per heavy atom. The first-order valence-electron chi connectivity index (χ1n) is 9.71. The van der Waals surface area contributed by atoms with E-state index in [9.17, 15) is 13.2 Å². The third-order valence-electron chi connectivity index (χ3n) is 6.29. The highest BCUT2D eigenvalue weighted by atomic mass is 32.2. The highest BCUT2D eigenvalue weighted by Gasteiger charge is 2.61. The van der Waals surface area contributed by atoms with Crippen molar-refractivity contribution in [3.8, 4) is 0 Å². The van der Waals surface area contributed by atoms with Gasteiger partial charge in [-0.3, -0.25) is 9.69 Å². The van der Waals surface area contributed by atoms with Crippen molar-refractivity contribution in [2.24, 2.45) is 0 Å². The number of Topliss-reactive ketones (excluding diaryl/α,β-unsaturated/α-hetero) is 1. The topological polar surface area (TPSA) is 54.5 Å². The number of hydrogen-bond acceptors (Lipinski definition) is 4. The lowest BCUT2D eigenvalue weighted by Gasteiger charge is -2.28. The van der Waals surface area contributed by atoms with Gasteiger partial charge in [-0.2, -0.15) is 0 Å². The Balaban J connectivity index is 1.72. The van der Waals surface area contributed by atoms with Crippen LogP contribution in [0.15, 0.2) is 89.8 Å². The van der Waals surface area contributed by atoms with E-state index in [1.54, 1.807) is 24.3 Å². The van der Waals surface area contributed by atoms with Gasteiger partial charge in [0.25, 0.3) is 0 Å². The third-order valence-corrected chi connectivity index (χ3v) is 8.55. The summed E-state index contributed by atoms with van der Waals surface area (Å²) < 4.78 is 27.1. The lowest BCUT2D eigenvalue weighted by Crippen LogP contribution is -2.43. The van der Waals surface area contributed by atoms with Crippen LogP contribution in [-0.2, 0) is 9.84 Å². The van der Waals surface area contributed by atoms with Gasteiger partial charge in [-0.25, -0.2) is 8.42 Å². The fraction of sp³-hybridized carbons (Fsp3) is 0.208. The maximum atomic E-state index is 13.6. The molecule has 0 bridgehead atoms. The molecule has 1 fully saturated rings. The van der Waals surface area contributed by atoms with E-state index in [2.05, 4.69) is 0 Å². The van der Waals surface area contributed by atoms with Crippen LogP contribution < -0.4 is 0 Å². The molecule has 3 aromatic rings. The Morgan fingerprint density at radius 2 is 1.41 bits per heavy atom. The van der Waals surface area contributed by atoms with Crippen molar-refractivity contribution in [2.75, 3.05) is 7.05 Å². The predicted molar refractivity (Wildman–Crippen MR) is 112 cm³/mol. The van der Waals surface area contributed by atoms with Crippen molar-refractivity contribution in [3.05, 3.63) is 102 Å². The summed E-state index contributed by atoms with van der Waals surface area (Å²) in [5.74, 6) is -0.417. The number of carbonyl (C=O) groups is 1. The summed E-state index contributed by atoms with van der Waals surface area (Å²) in [4.78, 5) is 15.8. The van der Waals surface area contributed by atoms with E-state index in [4.69, 9.17) is 0 Å². The number of rotatable bonds is 3. The number of benzene rings is 3. The van der Waals surface area contributed by atoms with E-state index >= 15 is 0 Å². The summed E-state index contributed by atoms with van der Waals surface area (Å²) >= 11 is 0. The number of hydrogen-bond donors (Lipinski definition) is 0. The van der Waals surface area contributed by atoms with E-state index < -0.39 is 21.1 Å². The number of sulfone groups is 1. The van der Waals surface area contributed by atoms with Crippen LogP contribution >= 0.6 is 0 Å². The Kier molecular flexibility index (Phi) is 4.19. The average Bonchev–Trinajstić information content (AvgIpc) is 3.18. The van der Waals surface area contributed by atoms with Crippen molar-refractivity contribution in [1.29, 1.82) is 0 Å². The molecule has 4 atom stereocenters. The highest BCUT2D eigenvalue weighted by molar-refractivity contribution is 7.92. The van der Waals surface area contributed by atoms with Gasteiger partial charge in [-0.05, 0) is 24.2 Å². The van der Waals surface area contributed by atoms with Gasteiger partial charge in [-0.1, -0.05) is 78.9 Å². The molecule has 0 spiro atoms. The fourth-order valence-electron chi connectivity index (χ4n) is 5.11. The quantitative estimate of drug-likeness (QED) is 0.623. The Hall–Kier alpha value is -2.76. The standard InChI is InChI=1S/C24H21NO3S/c1-25-21(16-10-4-2-5-11-16)20-18-14-8-9-15-19(18)29(27,28)24(20)22(25)23(26)17-12-6-3-7-13-17/h2-15,20-22,24H,1H3/t20-,21+,22+,24-/m0/s1.